The molecule has 2 aromatic heterocycles. The maximum Gasteiger partial charge on any atom is 0.255 e. The lowest BCUT2D eigenvalue weighted by molar-refractivity contribution is 0.0950. The van der Waals surface area contributed by atoms with Crippen LogP contribution in [0.1, 0.15) is 21.9 Å². The van der Waals surface area contributed by atoms with Crippen molar-refractivity contribution in [2.45, 2.75) is 13.5 Å². The SMILES string of the molecule is Cc1nccc(CNC(=O)c2cc(F)cnc2N)n1. The average molecular weight is 261 g/mol. The minimum atomic E-state index is -0.614. The molecule has 0 aliphatic carbocycles. The summed E-state index contributed by atoms with van der Waals surface area (Å²) in [5.74, 6) is -0.519. The van der Waals surface area contributed by atoms with E-state index >= 15 is 0 Å². The lowest BCUT2D eigenvalue weighted by Gasteiger charge is -2.06. The largest absolute Gasteiger partial charge is 0.383 e. The molecule has 0 saturated heterocycles. The number of anilines is 1. The zero-order chi connectivity index (χ0) is 13.8. The molecular formula is C12H12FN5O. The van der Waals surface area contributed by atoms with Gasteiger partial charge in [0.05, 0.1) is 24.0 Å². The van der Waals surface area contributed by atoms with Crippen LogP contribution in [0.5, 0.6) is 0 Å². The van der Waals surface area contributed by atoms with Gasteiger partial charge in [0.2, 0.25) is 0 Å². The molecule has 19 heavy (non-hydrogen) atoms. The fourth-order valence-electron chi connectivity index (χ4n) is 1.50. The molecule has 0 saturated carbocycles. The van der Waals surface area contributed by atoms with E-state index in [0.29, 0.717) is 11.5 Å². The summed E-state index contributed by atoms with van der Waals surface area (Å²) in [6, 6.07) is 2.73. The highest BCUT2D eigenvalue weighted by Crippen LogP contribution is 2.09. The van der Waals surface area contributed by atoms with Crippen molar-refractivity contribution < 1.29 is 9.18 Å². The van der Waals surface area contributed by atoms with Gasteiger partial charge in [0, 0.05) is 6.20 Å². The van der Waals surface area contributed by atoms with Crippen LogP contribution in [0.2, 0.25) is 0 Å². The van der Waals surface area contributed by atoms with Crippen LogP contribution in [-0.4, -0.2) is 20.9 Å². The van der Waals surface area contributed by atoms with E-state index < -0.39 is 11.7 Å². The number of rotatable bonds is 3. The maximum atomic E-state index is 13.0. The van der Waals surface area contributed by atoms with E-state index in [2.05, 4.69) is 20.3 Å². The monoisotopic (exact) mass is 261 g/mol. The molecular weight excluding hydrogens is 249 g/mol. The normalized spacial score (nSPS) is 10.2. The molecule has 0 bridgehead atoms. The Morgan fingerprint density at radius 1 is 1.47 bits per heavy atom. The van der Waals surface area contributed by atoms with Crippen LogP contribution in [0.4, 0.5) is 10.2 Å². The predicted molar refractivity (Wildman–Crippen MR) is 66.5 cm³/mol. The van der Waals surface area contributed by atoms with Gasteiger partial charge in [-0.2, -0.15) is 0 Å². The number of aromatic nitrogens is 3. The minimum absolute atomic E-state index is 0.00535. The molecule has 0 fully saturated rings. The third-order valence-electron chi connectivity index (χ3n) is 2.39. The predicted octanol–water partition coefficient (Wildman–Crippen LogP) is 0.831. The smallest absolute Gasteiger partial charge is 0.255 e. The number of amides is 1. The number of aryl methyl sites for hydroxylation is 1. The van der Waals surface area contributed by atoms with E-state index in [1.54, 1.807) is 19.2 Å². The lowest BCUT2D eigenvalue weighted by Crippen LogP contribution is -2.25. The van der Waals surface area contributed by atoms with Gasteiger partial charge in [-0.3, -0.25) is 4.79 Å². The quantitative estimate of drug-likeness (QED) is 0.853. The second-order valence-electron chi connectivity index (χ2n) is 3.86. The van der Waals surface area contributed by atoms with Crippen LogP contribution < -0.4 is 11.1 Å². The topological polar surface area (TPSA) is 93.8 Å². The molecule has 98 valence electrons. The van der Waals surface area contributed by atoms with Gasteiger partial charge in [-0.25, -0.2) is 19.3 Å². The van der Waals surface area contributed by atoms with Gasteiger partial charge in [-0.05, 0) is 19.1 Å². The molecule has 7 heteroatoms. The summed E-state index contributed by atoms with van der Waals surface area (Å²) in [5.41, 5.74) is 6.18. The molecule has 0 spiro atoms. The molecule has 1 amide bonds. The Balaban J connectivity index is 2.07. The second kappa shape index (κ2) is 5.38. The van der Waals surface area contributed by atoms with Crippen molar-refractivity contribution in [2.24, 2.45) is 0 Å². The molecule has 2 heterocycles. The van der Waals surface area contributed by atoms with Crippen LogP contribution in [0.3, 0.4) is 0 Å². The number of halogens is 1. The molecule has 0 atom stereocenters. The Bertz CT molecular complexity index is 617. The molecule has 3 N–H and O–H groups in total. The first-order chi connectivity index (χ1) is 9.06. The Hall–Kier alpha value is -2.57. The van der Waals surface area contributed by atoms with E-state index in [4.69, 9.17) is 5.73 Å². The highest BCUT2D eigenvalue weighted by molar-refractivity contribution is 5.98. The number of nitrogens with zero attached hydrogens (tertiary/aromatic N) is 3. The van der Waals surface area contributed by atoms with Crippen LogP contribution in [0.25, 0.3) is 0 Å². The van der Waals surface area contributed by atoms with Gasteiger partial charge in [0.15, 0.2) is 0 Å². The van der Waals surface area contributed by atoms with Crippen molar-refractivity contribution in [1.82, 2.24) is 20.3 Å². The van der Waals surface area contributed by atoms with Gasteiger partial charge in [0.1, 0.15) is 17.5 Å². The molecule has 0 radical (unpaired) electrons. The lowest BCUT2D eigenvalue weighted by atomic mass is 10.2. The van der Waals surface area contributed by atoms with Crippen molar-refractivity contribution >= 4 is 11.7 Å². The Labute approximate surface area is 108 Å². The summed E-state index contributed by atoms with van der Waals surface area (Å²) in [5, 5.41) is 2.59. The number of nitrogen functional groups attached to an aromatic ring is 1. The third-order valence-corrected chi connectivity index (χ3v) is 2.39. The van der Waals surface area contributed by atoms with Gasteiger partial charge in [0.25, 0.3) is 5.91 Å². The van der Waals surface area contributed by atoms with Gasteiger partial charge < -0.3 is 11.1 Å². The van der Waals surface area contributed by atoms with E-state index in [-0.39, 0.29) is 17.9 Å². The summed E-state index contributed by atoms with van der Waals surface area (Å²) >= 11 is 0. The first kappa shape index (κ1) is 12.9. The zero-order valence-electron chi connectivity index (χ0n) is 10.2. The van der Waals surface area contributed by atoms with Gasteiger partial charge in [-0.15, -0.1) is 0 Å². The molecule has 0 aromatic carbocycles. The van der Waals surface area contributed by atoms with Crippen molar-refractivity contribution in [3.05, 3.63) is 47.4 Å². The number of carbonyl (C=O) groups excluding carboxylic acids is 1. The van der Waals surface area contributed by atoms with Crippen LogP contribution in [0, 0.1) is 12.7 Å². The third kappa shape index (κ3) is 3.21. The fraction of sp³-hybridized carbons (Fsp3) is 0.167. The molecule has 0 unspecified atom stereocenters. The van der Waals surface area contributed by atoms with Crippen LogP contribution in [-0.2, 0) is 6.54 Å². The van der Waals surface area contributed by atoms with E-state index in [0.717, 1.165) is 12.3 Å². The van der Waals surface area contributed by atoms with Crippen molar-refractivity contribution in [2.75, 3.05) is 5.73 Å². The number of hydrogen-bond acceptors (Lipinski definition) is 5. The van der Waals surface area contributed by atoms with Crippen LogP contribution >= 0.6 is 0 Å². The maximum absolute atomic E-state index is 13.0. The molecule has 2 rings (SSSR count). The molecule has 2 aromatic rings. The van der Waals surface area contributed by atoms with E-state index in [1.165, 1.54) is 0 Å². The standard InChI is InChI=1S/C12H12FN5O/c1-7-15-3-2-9(18-7)6-17-12(19)10-4-8(13)5-16-11(10)14/h2-5H,6H2,1H3,(H2,14,16)(H,17,19). The minimum Gasteiger partial charge on any atom is -0.383 e. The highest BCUT2D eigenvalue weighted by atomic mass is 19.1. The summed E-state index contributed by atoms with van der Waals surface area (Å²) in [4.78, 5) is 23.5. The molecule has 0 aliphatic rings. The van der Waals surface area contributed by atoms with Crippen molar-refractivity contribution in [1.29, 1.82) is 0 Å². The van der Waals surface area contributed by atoms with E-state index in [9.17, 15) is 9.18 Å². The Morgan fingerprint density at radius 3 is 3.00 bits per heavy atom. The average Bonchev–Trinajstić information content (AvgIpc) is 2.39. The summed E-state index contributed by atoms with van der Waals surface area (Å²) in [6.45, 7) is 1.96. The fourth-order valence-corrected chi connectivity index (χ4v) is 1.50. The molecule has 6 nitrogen and oxygen atoms in total. The van der Waals surface area contributed by atoms with Crippen LogP contribution in [0.15, 0.2) is 24.5 Å². The number of pyridine rings is 1. The van der Waals surface area contributed by atoms with Crippen molar-refractivity contribution in [3.8, 4) is 0 Å². The van der Waals surface area contributed by atoms with Crippen molar-refractivity contribution in [3.63, 3.8) is 0 Å². The summed E-state index contributed by atoms with van der Waals surface area (Å²) in [6.07, 6.45) is 2.56. The van der Waals surface area contributed by atoms with E-state index in [1.807, 2.05) is 0 Å². The first-order valence-corrected chi connectivity index (χ1v) is 5.54. The van der Waals surface area contributed by atoms with Gasteiger partial charge >= 0.3 is 0 Å². The Morgan fingerprint density at radius 2 is 2.26 bits per heavy atom. The number of carbonyl (C=O) groups is 1. The summed E-state index contributed by atoms with van der Waals surface area (Å²) < 4.78 is 13.0. The molecule has 0 aliphatic heterocycles. The highest BCUT2D eigenvalue weighted by Gasteiger charge is 2.12. The Kier molecular flexibility index (Phi) is 3.65. The number of nitrogens with one attached hydrogen (secondary N) is 1. The van der Waals surface area contributed by atoms with Gasteiger partial charge in [-0.1, -0.05) is 0 Å². The zero-order valence-corrected chi connectivity index (χ0v) is 10.2. The first-order valence-electron chi connectivity index (χ1n) is 5.54. The second-order valence-corrected chi connectivity index (χ2v) is 3.86. The number of hydrogen-bond donors (Lipinski definition) is 2. The number of nitrogens with two attached hydrogens (primary N) is 1. The summed E-state index contributed by atoms with van der Waals surface area (Å²) in [7, 11) is 0.